The Bertz CT molecular complexity index is 373. The van der Waals surface area contributed by atoms with Crippen LogP contribution in [0.5, 0.6) is 0 Å². The number of hydrogen-bond donors (Lipinski definition) is 0. The highest BCUT2D eigenvalue weighted by molar-refractivity contribution is 5.69. The van der Waals surface area contributed by atoms with Gasteiger partial charge in [-0.05, 0) is 12.0 Å². The van der Waals surface area contributed by atoms with Crippen LogP contribution in [0.1, 0.15) is 76.7 Å². The lowest BCUT2D eigenvalue weighted by Crippen LogP contribution is -2.07. The zero-order valence-corrected chi connectivity index (χ0v) is 14.2. The SMILES string of the molecule is CCCCCCCCCCCC(=O)OCCc1ccccc1. The summed E-state index contributed by atoms with van der Waals surface area (Å²) in [5.41, 5.74) is 1.22. The van der Waals surface area contributed by atoms with Gasteiger partial charge in [0.1, 0.15) is 0 Å². The predicted molar refractivity (Wildman–Crippen MR) is 92.9 cm³/mol. The Balaban J connectivity index is 1.87. The first-order chi connectivity index (χ1) is 10.8. The topological polar surface area (TPSA) is 26.3 Å². The van der Waals surface area contributed by atoms with Gasteiger partial charge in [-0.3, -0.25) is 4.79 Å². The Morgan fingerprint density at radius 1 is 0.864 bits per heavy atom. The second-order valence-electron chi connectivity index (χ2n) is 6.03. The Hall–Kier alpha value is -1.31. The van der Waals surface area contributed by atoms with Crippen LogP contribution in [-0.4, -0.2) is 12.6 Å². The number of hydrogen-bond acceptors (Lipinski definition) is 2. The molecule has 0 fully saturated rings. The summed E-state index contributed by atoms with van der Waals surface area (Å²) in [6.07, 6.45) is 12.9. The van der Waals surface area contributed by atoms with Crippen molar-refractivity contribution in [1.29, 1.82) is 0 Å². The highest BCUT2D eigenvalue weighted by atomic mass is 16.5. The van der Waals surface area contributed by atoms with Crippen LogP contribution in [0, 0.1) is 0 Å². The van der Waals surface area contributed by atoms with E-state index in [4.69, 9.17) is 4.74 Å². The van der Waals surface area contributed by atoms with Gasteiger partial charge in [0.15, 0.2) is 0 Å². The van der Waals surface area contributed by atoms with Crippen LogP contribution in [0.25, 0.3) is 0 Å². The van der Waals surface area contributed by atoms with Gasteiger partial charge in [-0.15, -0.1) is 0 Å². The van der Waals surface area contributed by atoms with E-state index in [-0.39, 0.29) is 5.97 Å². The minimum Gasteiger partial charge on any atom is -0.465 e. The molecule has 2 nitrogen and oxygen atoms in total. The fourth-order valence-corrected chi connectivity index (χ4v) is 2.58. The molecule has 1 aromatic rings. The number of ether oxygens (including phenoxy) is 1. The van der Waals surface area contributed by atoms with E-state index in [2.05, 4.69) is 19.1 Å². The second kappa shape index (κ2) is 13.4. The molecule has 0 saturated carbocycles. The summed E-state index contributed by atoms with van der Waals surface area (Å²) in [6, 6.07) is 10.2. The van der Waals surface area contributed by atoms with E-state index in [0.717, 1.165) is 19.3 Å². The Morgan fingerprint density at radius 2 is 1.45 bits per heavy atom. The summed E-state index contributed by atoms with van der Waals surface area (Å²) in [4.78, 5) is 11.6. The first-order valence-corrected chi connectivity index (χ1v) is 9.02. The van der Waals surface area contributed by atoms with Crippen molar-refractivity contribution >= 4 is 5.97 Å². The Morgan fingerprint density at radius 3 is 2.09 bits per heavy atom. The molecule has 1 rings (SSSR count). The molecule has 0 spiro atoms. The Labute approximate surface area is 136 Å². The number of carbonyl (C=O) groups excluding carboxylic acids is 1. The third kappa shape index (κ3) is 10.4. The average molecular weight is 304 g/mol. The van der Waals surface area contributed by atoms with Crippen LogP contribution in [0.3, 0.4) is 0 Å². The molecule has 0 aliphatic rings. The minimum atomic E-state index is -0.0427. The van der Waals surface area contributed by atoms with Crippen molar-refractivity contribution in [3.63, 3.8) is 0 Å². The van der Waals surface area contributed by atoms with Gasteiger partial charge in [0.05, 0.1) is 6.61 Å². The average Bonchev–Trinajstić information content (AvgIpc) is 2.54. The third-order valence-electron chi connectivity index (χ3n) is 3.98. The van der Waals surface area contributed by atoms with Gasteiger partial charge in [0, 0.05) is 12.8 Å². The van der Waals surface area contributed by atoms with Crippen LogP contribution in [0.15, 0.2) is 30.3 Å². The van der Waals surface area contributed by atoms with E-state index in [1.807, 2.05) is 18.2 Å². The van der Waals surface area contributed by atoms with Crippen molar-refractivity contribution in [2.45, 2.75) is 77.6 Å². The molecule has 0 unspecified atom stereocenters. The monoisotopic (exact) mass is 304 g/mol. The highest BCUT2D eigenvalue weighted by Gasteiger charge is 2.02. The zero-order valence-electron chi connectivity index (χ0n) is 14.2. The second-order valence-corrected chi connectivity index (χ2v) is 6.03. The smallest absolute Gasteiger partial charge is 0.305 e. The van der Waals surface area contributed by atoms with Crippen molar-refractivity contribution in [3.05, 3.63) is 35.9 Å². The minimum absolute atomic E-state index is 0.0427. The molecule has 0 amide bonds. The molecule has 0 saturated heterocycles. The molecule has 124 valence electrons. The number of carbonyl (C=O) groups is 1. The normalized spacial score (nSPS) is 10.6. The maximum absolute atomic E-state index is 11.6. The molecule has 2 heteroatoms. The number of unbranched alkanes of at least 4 members (excludes halogenated alkanes) is 8. The number of benzene rings is 1. The highest BCUT2D eigenvalue weighted by Crippen LogP contribution is 2.10. The van der Waals surface area contributed by atoms with Gasteiger partial charge in [0.2, 0.25) is 0 Å². The molecule has 22 heavy (non-hydrogen) atoms. The van der Waals surface area contributed by atoms with Crippen molar-refractivity contribution in [3.8, 4) is 0 Å². The molecule has 0 aromatic heterocycles. The maximum atomic E-state index is 11.6. The first-order valence-electron chi connectivity index (χ1n) is 9.02. The molecule has 1 aromatic carbocycles. The van der Waals surface area contributed by atoms with Crippen LogP contribution >= 0.6 is 0 Å². The fraction of sp³-hybridized carbons (Fsp3) is 0.650. The van der Waals surface area contributed by atoms with E-state index in [9.17, 15) is 4.79 Å². The molecule has 0 aliphatic carbocycles. The van der Waals surface area contributed by atoms with Gasteiger partial charge < -0.3 is 4.74 Å². The van der Waals surface area contributed by atoms with Gasteiger partial charge in [-0.1, -0.05) is 88.6 Å². The van der Waals surface area contributed by atoms with Crippen molar-refractivity contribution in [2.75, 3.05) is 6.61 Å². The van der Waals surface area contributed by atoms with Crippen molar-refractivity contribution in [1.82, 2.24) is 0 Å². The summed E-state index contributed by atoms with van der Waals surface area (Å²) >= 11 is 0. The molecule has 0 atom stereocenters. The van der Waals surface area contributed by atoms with Gasteiger partial charge in [-0.25, -0.2) is 0 Å². The standard InChI is InChI=1S/C20H32O2/c1-2-3-4-5-6-7-8-9-13-16-20(21)22-18-17-19-14-11-10-12-15-19/h10-12,14-15H,2-9,13,16-18H2,1H3. The predicted octanol–water partition coefficient (Wildman–Crippen LogP) is 5.69. The molecular formula is C20H32O2. The van der Waals surface area contributed by atoms with Crippen LogP contribution in [0.4, 0.5) is 0 Å². The van der Waals surface area contributed by atoms with Gasteiger partial charge >= 0.3 is 5.97 Å². The lowest BCUT2D eigenvalue weighted by atomic mass is 10.1. The van der Waals surface area contributed by atoms with E-state index in [0.29, 0.717) is 13.0 Å². The largest absolute Gasteiger partial charge is 0.465 e. The summed E-state index contributed by atoms with van der Waals surface area (Å²) in [6.45, 7) is 2.75. The Kier molecular flexibility index (Phi) is 11.4. The number of esters is 1. The lowest BCUT2D eigenvalue weighted by molar-refractivity contribution is -0.143. The van der Waals surface area contributed by atoms with E-state index >= 15 is 0 Å². The molecular weight excluding hydrogens is 272 g/mol. The third-order valence-corrected chi connectivity index (χ3v) is 3.98. The lowest BCUT2D eigenvalue weighted by Gasteiger charge is -2.05. The quantitative estimate of drug-likeness (QED) is 0.345. The van der Waals surface area contributed by atoms with Crippen molar-refractivity contribution < 1.29 is 9.53 Å². The van der Waals surface area contributed by atoms with E-state index in [1.165, 1.54) is 50.5 Å². The summed E-state index contributed by atoms with van der Waals surface area (Å²) in [7, 11) is 0. The molecule has 0 bridgehead atoms. The van der Waals surface area contributed by atoms with Gasteiger partial charge in [0.25, 0.3) is 0 Å². The number of rotatable bonds is 13. The van der Waals surface area contributed by atoms with Crippen LogP contribution < -0.4 is 0 Å². The summed E-state index contributed by atoms with van der Waals surface area (Å²) < 4.78 is 5.28. The maximum Gasteiger partial charge on any atom is 0.305 e. The molecule has 0 aliphatic heterocycles. The fourth-order valence-electron chi connectivity index (χ4n) is 2.58. The zero-order chi connectivity index (χ0) is 15.9. The molecule has 0 heterocycles. The van der Waals surface area contributed by atoms with E-state index in [1.54, 1.807) is 0 Å². The summed E-state index contributed by atoms with van der Waals surface area (Å²) in [5, 5.41) is 0. The van der Waals surface area contributed by atoms with Crippen LogP contribution in [-0.2, 0) is 16.0 Å². The van der Waals surface area contributed by atoms with E-state index < -0.39 is 0 Å². The molecule has 0 N–H and O–H groups in total. The van der Waals surface area contributed by atoms with Gasteiger partial charge in [-0.2, -0.15) is 0 Å². The van der Waals surface area contributed by atoms with Crippen molar-refractivity contribution in [2.24, 2.45) is 0 Å². The molecule has 0 radical (unpaired) electrons. The first kappa shape index (κ1) is 18.7. The summed E-state index contributed by atoms with van der Waals surface area (Å²) in [5.74, 6) is -0.0427. The van der Waals surface area contributed by atoms with Crippen LogP contribution in [0.2, 0.25) is 0 Å².